The highest BCUT2D eigenvalue weighted by atomic mass is 15.2. The molecule has 0 bridgehead atoms. The van der Waals surface area contributed by atoms with Gasteiger partial charge >= 0.3 is 0 Å². The van der Waals surface area contributed by atoms with Crippen LogP contribution in [0.2, 0.25) is 0 Å². The van der Waals surface area contributed by atoms with Gasteiger partial charge in [-0.15, -0.1) is 10.2 Å². The molecule has 0 atom stereocenters. The van der Waals surface area contributed by atoms with Gasteiger partial charge in [-0.2, -0.15) is 15.5 Å². The van der Waals surface area contributed by atoms with Crippen LogP contribution in [0, 0.1) is 11.3 Å². The van der Waals surface area contributed by atoms with Crippen LogP contribution in [0.4, 0.5) is 0 Å². The van der Waals surface area contributed by atoms with Gasteiger partial charge in [-0.1, -0.05) is 12.1 Å². The largest absolute Gasteiger partial charge is 0.255 e. The summed E-state index contributed by atoms with van der Waals surface area (Å²) in [6.45, 7) is 0. The molecular weight excluding hydrogens is 404 g/mol. The summed E-state index contributed by atoms with van der Waals surface area (Å²) in [5, 5.41) is 25.7. The molecule has 0 aliphatic carbocycles. The molecule has 5 aromatic heterocycles. The summed E-state index contributed by atoms with van der Waals surface area (Å²) >= 11 is 0. The molecule has 0 amide bonds. The Kier molecular flexibility index (Phi) is 4.96. The molecule has 32 heavy (non-hydrogen) atoms. The van der Waals surface area contributed by atoms with E-state index in [0.717, 1.165) is 0 Å². The Bertz CT molecular complexity index is 1330. The number of hydrogen-bond acceptors (Lipinski definition) is 10. The van der Waals surface area contributed by atoms with E-state index in [1.165, 1.54) is 12.4 Å². The monoisotopic (exact) mass is 416 g/mol. The summed E-state index contributed by atoms with van der Waals surface area (Å²) in [5.41, 5.74) is 3.44. The standard InChI is InChI=1S/C22H12N10/c23-11-14-9-17(21-29-19(12-26-31-21)15-5-1-3-7-24-15)28-18(10-14)22-30-20(13-27-32-22)16-6-2-4-8-25-16/h1-10,12-13H. The van der Waals surface area contributed by atoms with Crippen molar-refractivity contribution in [3.63, 3.8) is 0 Å². The molecule has 5 heterocycles. The van der Waals surface area contributed by atoms with Gasteiger partial charge < -0.3 is 0 Å². The van der Waals surface area contributed by atoms with Crippen molar-refractivity contribution < 1.29 is 0 Å². The van der Waals surface area contributed by atoms with Crippen molar-refractivity contribution in [1.82, 2.24) is 45.3 Å². The third-order valence-corrected chi connectivity index (χ3v) is 4.38. The molecule has 0 unspecified atom stereocenters. The number of rotatable bonds is 4. The highest BCUT2D eigenvalue weighted by Gasteiger charge is 2.14. The average Bonchev–Trinajstić information content (AvgIpc) is 2.89. The molecule has 5 rings (SSSR count). The van der Waals surface area contributed by atoms with Crippen LogP contribution in [0.5, 0.6) is 0 Å². The van der Waals surface area contributed by atoms with E-state index in [2.05, 4.69) is 51.4 Å². The van der Waals surface area contributed by atoms with E-state index in [1.54, 1.807) is 24.5 Å². The third-order valence-electron chi connectivity index (χ3n) is 4.38. The molecule has 0 fully saturated rings. The Morgan fingerprint density at radius 2 is 1.12 bits per heavy atom. The van der Waals surface area contributed by atoms with Crippen LogP contribution in [-0.2, 0) is 0 Å². The Hall–Kier alpha value is -5.04. The lowest BCUT2D eigenvalue weighted by atomic mass is 10.2. The third kappa shape index (κ3) is 3.86. The maximum Gasteiger partial charge on any atom is 0.201 e. The summed E-state index contributed by atoms with van der Waals surface area (Å²) in [7, 11) is 0. The number of nitriles is 1. The van der Waals surface area contributed by atoms with Gasteiger partial charge in [-0.25, -0.2) is 15.0 Å². The zero-order chi connectivity index (χ0) is 21.8. The maximum atomic E-state index is 9.53. The molecule has 150 valence electrons. The molecule has 5 aromatic rings. The summed E-state index contributed by atoms with van der Waals surface area (Å²) in [6.07, 6.45) is 6.37. The van der Waals surface area contributed by atoms with E-state index in [4.69, 9.17) is 0 Å². The molecule has 0 radical (unpaired) electrons. The van der Waals surface area contributed by atoms with Gasteiger partial charge in [-0.3, -0.25) is 9.97 Å². The van der Waals surface area contributed by atoms with E-state index in [0.29, 0.717) is 39.7 Å². The van der Waals surface area contributed by atoms with Crippen molar-refractivity contribution in [3.05, 3.63) is 78.9 Å². The number of aromatic nitrogens is 9. The van der Waals surface area contributed by atoms with Crippen LogP contribution in [0.15, 0.2) is 73.3 Å². The van der Waals surface area contributed by atoms with Gasteiger partial charge in [-0.05, 0) is 36.4 Å². The lowest BCUT2D eigenvalue weighted by molar-refractivity contribution is 0.958. The Balaban J connectivity index is 1.59. The normalized spacial score (nSPS) is 10.5. The van der Waals surface area contributed by atoms with Crippen LogP contribution in [-0.4, -0.2) is 45.3 Å². The maximum absolute atomic E-state index is 9.53. The highest BCUT2D eigenvalue weighted by molar-refractivity contribution is 5.64. The van der Waals surface area contributed by atoms with Crippen LogP contribution in [0.3, 0.4) is 0 Å². The van der Waals surface area contributed by atoms with Gasteiger partial charge in [0.25, 0.3) is 0 Å². The minimum absolute atomic E-state index is 0.250. The van der Waals surface area contributed by atoms with Crippen molar-refractivity contribution in [2.24, 2.45) is 0 Å². The Labute approximate surface area is 181 Å². The molecule has 10 nitrogen and oxygen atoms in total. The number of pyridine rings is 3. The van der Waals surface area contributed by atoms with Crippen molar-refractivity contribution in [3.8, 4) is 51.9 Å². The minimum Gasteiger partial charge on any atom is -0.255 e. The van der Waals surface area contributed by atoms with E-state index in [1.807, 2.05) is 36.4 Å². The number of hydrogen-bond donors (Lipinski definition) is 0. The summed E-state index contributed by atoms with van der Waals surface area (Å²) < 4.78 is 0. The smallest absolute Gasteiger partial charge is 0.201 e. The van der Waals surface area contributed by atoms with Crippen LogP contribution >= 0.6 is 0 Å². The molecule has 0 aliphatic rings. The Morgan fingerprint density at radius 3 is 1.56 bits per heavy atom. The van der Waals surface area contributed by atoms with Crippen LogP contribution in [0.25, 0.3) is 45.8 Å². The van der Waals surface area contributed by atoms with Gasteiger partial charge in [0.15, 0.2) is 0 Å². The predicted molar refractivity (Wildman–Crippen MR) is 113 cm³/mol. The van der Waals surface area contributed by atoms with Gasteiger partial charge in [0, 0.05) is 12.4 Å². The first-order valence-corrected chi connectivity index (χ1v) is 9.45. The first-order valence-electron chi connectivity index (χ1n) is 9.45. The van der Waals surface area contributed by atoms with E-state index in [-0.39, 0.29) is 11.6 Å². The fourth-order valence-corrected chi connectivity index (χ4v) is 2.92. The van der Waals surface area contributed by atoms with Crippen LogP contribution < -0.4 is 0 Å². The molecule has 0 aromatic carbocycles. The van der Waals surface area contributed by atoms with E-state index >= 15 is 0 Å². The summed E-state index contributed by atoms with van der Waals surface area (Å²) in [6, 6.07) is 16.3. The molecule has 0 spiro atoms. The van der Waals surface area contributed by atoms with Gasteiger partial charge in [0.1, 0.15) is 22.8 Å². The molecule has 0 saturated heterocycles. The van der Waals surface area contributed by atoms with Crippen molar-refractivity contribution >= 4 is 0 Å². The average molecular weight is 416 g/mol. The molecular formula is C22H12N10. The fourth-order valence-electron chi connectivity index (χ4n) is 2.92. The van der Waals surface area contributed by atoms with E-state index < -0.39 is 0 Å². The fraction of sp³-hybridized carbons (Fsp3) is 0. The zero-order valence-electron chi connectivity index (χ0n) is 16.4. The quantitative estimate of drug-likeness (QED) is 0.429. The second-order valence-corrected chi connectivity index (χ2v) is 6.50. The number of nitrogens with zero attached hydrogens (tertiary/aromatic N) is 10. The van der Waals surface area contributed by atoms with Crippen molar-refractivity contribution in [2.75, 3.05) is 0 Å². The van der Waals surface area contributed by atoms with E-state index in [9.17, 15) is 5.26 Å². The minimum atomic E-state index is 0.250. The molecule has 0 N–H and O–H groups in total. The van der Waals surface area contributed by atoms with Crippen molar-refractivity contribution in [1.29, 1.82) is 5.26 Å². The molecule has 10 heteroatoms. The predicted octanol–water partition coefficient (Wildman–Crippen LogP) is 2.78. The molecule has 0 aliphatic heterocycles. The summed E-state index contributed by atoms with van der Waals surface area (Å²) in [4.78, 5) is 22.2. The second-order valence-electron chi connectivity index (χ2n) is 6.50. The lowest BCUT2D eigenvalue weighted by Crippen LogP contribution is -2.01. The first-order chi connectivity index (χ1) is 15.8. The highest BCUT2D eigenvalue weighted by Crippen LogP contribution is 2.23. The Morgan fingerprint density at radius 1 is 0.594 bits per heavy atom. The van der Waals surface area contributed by atoms with Gasteiger partial charge in [0.2, 0.25) is 11.6 Å². The first kappa shape index (κ1) is 19.0. The zero-order valence-corrected chi connectivity index (χ0v) is 16.4. The topological polar surface area (TPSA) is 140 Å². The SMILES string of the molecule is N#Cc1cc(-c2nncc(-c3ccccn3)n2)nc(-c2nncc(-c3ccccn3)n2)c1. The molecule has 0 saturated carbocycles. The lowest BCUT2D eigenvalue weighted by Gasteiger charge is -2.06. The van der Waals surface area contributed by atoms with Gasteiger partial charge in [0.05, 0.1) is 35.4 Å². The second kappa shape index (κ2) is 8.37. The summed E-state index contributed by atoms with van der Waals surface area (Å²) in [5.74, 6) is 0.501. The van der Waals surface area contributed by atoms with Crippen LogP contribution in [0.1, 0.15) is 5.56 Å². The van der Waals surface area contributed by atoms with Crippen molar-refractivity contribution in [2.45, 2.75) is 0 Å².